The molecule has 0 bridgehead atoms. The molecule has 0 rings (SSSR count). The smallest absolute Gasteiger partial charge is 0.542 e. The molecule has 2 heteroatoms. The molecule has 0 saturated carbocycles. The first-order chi connectivity index (χ1) is 6.91. The molecular weight excluding hydrogens is 211 g/mol. The Labute approximate surface area is 138 Å². The van der Waals surface area contributed by atoms with Crippen molar-refractivity contribution in [3.05, 3.63) is 0 Å². The summed E-state index contributed by atoms with van der Waals surface area (Å²) in [4.78, 5) is 9.92. The zero-order valence-electron chi connectivity index (χ0n) is 10.7. The summed E-state index contributed by atoms with van der Waals surface area (Å²) in [6.45, 7) is 2.25. The van der Waals surface area contributed by atoms with E-state index in [1.54, 1.807) is 0 Å². The molecule has 0 aromatic heterocycles. The summed E-state index contributed by atoms with van der Waals surface area (Å²) in [5.74, 6) is 0. The fourth-order valence-corrected chi connectivity index (χ4v) is 1.68. The third-order valence-corrected chi connectivity index (χ3v) is 2.63. The minimum absolute atomic E-state index is 0. The van der Waals surface area contributed by atoms with Gasteiger partial charge in [-0.15, -0.1) is 0 Å². The molecule has 15 heavy (non-hydrogen) atoms. The minimum Gasteiger partial charge on any atom is -0.542 e. The number of hydrogen-bond donors (Lipinski definition) is 0. The van der Waals surface area contributed by atoms with Crippen molar-refractivity contribution in [3.63, 3.8) is 0 Å². The zero-order valence-corrected chi connectivity index (χ0v) is 13.8. The monoisotopic (exact) mass is 236 g/mol. The van der Waals surface area contributed by atoms with E-state index in [9.17, 15) is 4.79 Å². The predicted octanol–water partition coefficient (Wildman–Crippen LogP) is 1.41. The normalized spacial score (nSPS) is 9.67. The molecule has 0 atom stereocenters. The van der Waals surface area contributed by atoms with Crippen molar-refractivity contribution in [1.82, 2.24) is 0 Å². The van der Waals surface area contributed by atoms with Crippen molar-refractivity contribution < 1.29 is 56.2 Å². The topological polar surface area (TPSA) is 17.1 Å². The Bertz CT molecular complexity index is 115. The van der Waals surface area contributed by atoms with Crippen LogP contribution in [0.2, 0.25) is 0 Å². The van der Waals surface area contributed by atoms with Crippen LogP contribution in [0, 0.1) is 0 Å². The van der Waals surface area contributed by atoms with Crippen molar-refractivity contribution in [2.45, 2.75) is 77.6 Å². The first kappa shape index (κ1) is 18.7. The predicted molar refractivity (Wildman–Crippen MR) is 62.2 cm³/mol. The van der Waals surface area contributed by atoms with Crippen molar-refractivity contribution in [2.24, 2.45) is 0 Å². The molecule has 0 unspecified atom stereocenters. The molecule has 0 aromatic carbocycles. The van der Waals surface area contributed by atoms with E-state index in [-0.39, 0.29) is 51.4 Å². The molecule has 0 radical (unpaired) electrons. The van der Waals surface area contributed by atoms with Crippen LogP contribution < -0.4 is 51.4 Å². The molecule has 0 amide bonds. The van der Waals surface area contributed by atoms with Gasteiger partial charge < -0.3 is 4.79 Å². The van der Waals surface area contributed by atoms with E-state index >= 15 is 0 Å². The average Bonchev–Trinajstić information content (AvgIpc) is 2.21. The SMILES string of the molecule is CCCCCCCCCCCC[C-]=O.[K+]. The Morgan fingerprint density at radius 3 is 1.53 bits per heavy atom. The van der Waals surface area contributed by atoms with Gasteiger partial charge in [0.1, 0.15) is 0 Å². The summed E-state index contributed by atoms with van der Waals surface area (Å²) in [5.41, 5.74) is 0. The Morgan fingerprint density at radius 1 is 0.733 bits per heavy atom. The van der Waals surface area contributed by atoms with Gasteiger partial charge in [-0.05, 0) is 0 Å². The molecule has 0 aliphatic heterocycles. The van der Waals surface area contributed by atoms with Gasteiger partial charge in [-0.3, -0.25) is 6.29 Å². The fraction of sp³-hybridized carbons (Fsp3) is 0.923. The molecule has 0 spiro atoms. The van der Waals surface area contributed by atoms with Gasteiger partial charge in [-0.2, -0.15) is 6.42 Å². The second-order valence-corrected chi connectivity index (χ2v) is 4.08. The quantitative estimate of drug-likeness (QED) is 0.301. The zero-order chi connectivity index (χ0) is 10.5. The van der Waals surface area contributed by atoms with Crippen LogP contribution in [0.25, 0.3) is 0 Å². The largest absolute Gasteiger partial charge is 1.00 e. The third kappa shape index (κ3) is 17.9. The molecule has 84 valence electrons. The van der Waals surface area contributed by atoms with E-state index < -0.39 is 0 Å². The molecule has 0 aromatic rings. The van der Waals surface area contributed by atoms with Gasteiger partial charge in [0, 0.05) is 0 Å². The Balaban J connectivity index is 0. The van der Waals surface area contributed by atoms with Gasteiger partial charge in [0.25, 0.3) is 0 Å². The second kappa shape index (κ2) is 17.7. The molecular formula is C13H25KO. The summed E-state index contributed by atoms with van der Waals surface area (Å²) in [7, 11) is 0. The van der Waals surface area contributed by atoms with E-state index in [0.717, 1.165) is 6.42 Å². The minimum atomic E-state index is 0. The van der Waals surface area contributed by atoms with Gasteiger partial charge in [-0.25, -0.2) is 0 Å². The van der Waals surface area contributed by atoms with Crippen LogP contribution >= 0.6 is 0 Å². The summed E-state index contributed by atoms with van der Waals surface area (Å²) < 4.78 is 0. The maximum atomic E-state index is 9.92. The summed E-state index contributed by atoms with van der Waals surface area (Å²) in [5, 5.41) is 0. The van der Waals surface area contributed by atoms with E-state index in [4.69, 9.17) is 0 Å². The Kier molecular flexibility index (Phi) is 22.0. The number of carbonyl (C=O) groups excluding carboxylic acids is 1. The summed E-state index contributed by atoms with van der Waals surface area (Å²) in [6.07, 6.45) is 15.8. The summed E-state index contributed by atoms with van der Waals surface area (Å²) >= 11 is 0. The van der Waals surface area contributed by atoms with E-state index in [0.29, 0.717) is 6.42 Å². The fourth-order valence-electron chi connectivity index (χ4n) is 1.68. The van der Waals surface area contributed by atoms with Gasteiger partial charge in [-0.1, -0.05) is 71.1 Å². The van der Waals surface area contributed by atoms with E-state index in [1.807, 2.05) is 6.29 Å². The van der Waals surface area contributed by atoms with Crippen molar-refractivity contribution in [3.8, 4) is 0 Å². The van der Waals surface area contributed by atoms with Crippen LogP contribution in [-0.2, 0) is 4.79 Å². The van der Waals surface area contributed by atoms with Crippen LogP contribution in [0.3, 0.4) is 0 Å². The maximum Gasteiger partial charge on any atom is 1.00 e. The number of unbranched alkanes of at least 4 members (excludes halogenated alkanes) is 10. The van der Waals surface area contributed by atoms with Crippen molar-refractivity contribution >= 4 is 6.29 Å². The molecule has 0 fully saturated rings. The van der Waals surface area contributed by atoms with Gasteiger partial charge in [0.2, 0.25) is 0 Å². The Hall–Kier alpha value is 1.31. The average molecular weight is 236 g/mol. The standard InChI is InChI=1S/C13H25O.K/c1-2-3-4-5-6-7-8-9-10-11-12-13-14;/h2-12H2,1H3;/q-1;+1. The third-order valence-electron chi connectivity index (χ3n) is 2.63. The van der Waals surface area contributed by atoms with Crippen molar-refractivity contribution in [1.29, 1.82) is 0 Å². The molecule has 0 aliphatic carbocycles. The number of hydrogen-bond acceptors (Lipinski definition) is 1. The maximum absolute atomic E-state index is 9.92. The van der Waals surface area contributed by atoms with Crippen molar-refractivity contribution in [2.75, 3.05) is 0 Å². The molecule has 0 aliphatic rings. The van der Waals surface area contributed by atoms with Crippen LogP contribution in [0.5, 0.6) is 0 Å². The molecule has 1 nitrogen and oxygen atoms in total. The van der Waals surface area contributed by atoms with Gasteiger partial charge in [0.15, 0.2) is 0 Å². The molecule has 0 heterocycles. The van der Waals surface area contributed by atoms with Crippen LogP contribution in [0.1, 0.15) is 77.6 Å². The van der Waals surface area contributed by atoms with E-state index in [2.05, 4.69) is 6.92 Å². The molecule has 0 N–H and O–H groups in total. The van der Waals surface area contributed by atoms with Crippen LogP contribution in [-0.4, -0.2) is 6.29 Å². The van der Waals surface area contributed by atoms with E-state index in [1.165, 1.54) is 57.8 Å². The van der Waals surface area contributed by atoms with Gasteiger partial charge >= 0.3 is 51.4 Å². The first-order valence-electron chi connectivity index (χ1n) is 6.26. The van der Waals surface area contributed by atoms with Gasteiger partial charge in [0.05, 0.1) is 0 Å². The summed E-state index contributed by atoms with van der Waals surface area (Å²) in [6, 6.07) is 0. The van der Waals surface area contributed by atoms with Crippen LogP contribution in [0.4, 0.5) is 0 Å². The molecule has 0 saturated heterocycles. The number of rotatable bonds is 11. The first-order valence-corrected chi connectivity index (χ1v) is 6.26. The second-order valence-electron chi connectivity index (χ2n) is 4.08. The van der Waals surface area contributed by atoms with Crippen LogP contribution in [0.15, 0.2) is 0 Å². The Morgan fingerprint density at radius 2 is 1.13 bits per heavy atom.